The quantitative estimate of drug-likeness (QED) is 0.912. The van der Waals surface area contributed by atoms with Crippen molar-refractivity contribution in [1.29, 1.82) is 0 Å². The summed E-state index contributed by atoms with van der Waals surface area (Å²) in [5.74, 6) is 0.0398. The number of carbonyl (C=O) groups is 1. The Morgan fingerprint density at radius 3 is 2.68 bits per heavy atom. The Morgan fingerprint density at radius 2 is 2.05 bits per heavy atom. The maximum atomic E-state index is 12.0. The molecule has 0 radical (unpaired) electrons. The van der Waals surface area contributed by atoms with Gasteiger partial charge < -0.3 is 15.1 Å². The Labute approximate surface area is 129 Å². The number of nitrogens with zero attached hydrogens (tertiary/aromatic N) is 1. The van der Waals surface area contributed by atoms with Crippen molar-refractivity contribution in [2.24, 2.45) is 18.4 Å². The van der Waals surface area contributed by atoms with Gasteiger partial charge in [-0.15, -0.1) is 0 Å². The average Bonchev–Trinajstić information content (AvgIpc) is 2.71. The Morgan fingerprint density at radius 1 is 1.36 bits per heavy atom. The molecule has 6 heteroatoms. The van der Waals surface area contributed by atoms with Gasteiger partial charge in [-0.25, -0.2) is 9.59 Å². The molecule has 0 saturated carbocycles. The summed E-state index contributed by atoms with van der Waals surface area (Å²) >= 11 is 0. The highest BCUT2D eigenvalue weighted by Crippen LogP contribution is 2.24. The van der Waals surface area contributed by atoms with Gasteiger partial charge in [0.25, 0.3) is 0 Å². The number of benzene rings is 1. The number of carbonyl (C=O) groups excluding carboxylic acids is 1. The molecule has 0 bridgehead atoms. The molecule has 2 aromatic rings. The number of nitrogens with one attached hydrogen (secondary N) is 2. The maximum Gasteiger partial charge on any atom is 0.419 e. The summed E-state index contributed by atoms with van der Waals surface area (Å²) in [6, 6.07) is 4.86. The topological polar surface area (TPSA) is 76.3 Å². The van der Waals surface area contributed by atoms with Crippen LogP contribution in [0.1, 0.15) is 27.7 Å². The third-order valence-electron chi connectivity index (χ3n) is 4.32. The van der Waals surface area contributed by atoms with Crippen LogP contribution in [0.2, 0.25) is 0 Å². The fraction of sp³-hybridized carbons (Fsp3) is 0.500. The second-order valence-electron chi connectivity index (χ2n) is 6.56. The molecule has 0 aliphatic heterocycles. The first-order valence-corrected chi connectivity index (χ1v) is 7.35. The van der Waals surface area contributed by atoms with Gasteiger partial charge in [0.15, 0.2) is 5.58 Å². The Kier molecular flexibility index (Phi) is 4.30. The van der Waals surface area contributed by atoms with Gasteiger partial charge in [-0.1, -0.05) is 27.7 Å². The van der Waals surface area contributed by atoms with Crippen molar-refractivity contribution in [2.75, 3.05) is 11.9 Å². The molecule has 0 aliphatic carbocycles. The lowest BCUT2D eigenvalue weighted by atomic mass is 9.81. The maximum absolute atomic E-state index is 12.0. The molecule has 0 atom stereocenters. The smallest absolute Gasteiger partial charge is 0.408 e. The lowest BCUT2D eigenvalue weighted by molar-refractivity contribution is 0.223. The molecule has 1 heterocycles. The van der Waals surface area contributed by atoms with E-state index in [1.807, 2.05) is 0 Å². The van der Waals surface area contributed by atoms with Crippen LogP contribution in [0.3, 0.4) is 0 Å². The molecule has 6 nitrogen and oxygen atoms in total. The predicted molar refractivity (Wildman–Crippen MR) is 87.1 cm³/mol. The van der Waals surface area contributed by atoms with Crippen molar-refractivity contribution in [2.45, 2.75) is 27.7 Å². The summed E-state index contributed by atoms with van der Waals surface area (Å²) in [6.45, 7) is 9.07. The molecule has 1 aromatic heterocycles. The van der Waals surface area contributed by atoms with E-state index < -0.39 is 5.76 Å². The average molecular weight is 305 g/mol. The molecule has 2 N–H and O–H groups in total. The molecular weight excluding hydrogens is 282 g/mol. The van der Waals surface area contributed by atoms with Crippen molar-refractivity contribution in [3.05, 3.63) is 28.7 Å². The fourth-order valence-corrected chi connectivity index (χ4v) is 1.90. The molecule has 2 rings (SSSR count). The highest BCUT2D eigenvalue weighted by Gasteiger charge is 2.22. The van der Waals surface area contributed by atoms with Gasteiger partial charge >= 0.3 is 11.8 Å². The summed E-state index contributed by atoms with van der Waals surface area (Å²) < 4.78 is 6.52. The third-order valence-corrected chi connectivity index (χ3v) is 4.32. The number of urea groups is 1. The van der Waals surface area contributed by atoms with Gasteiger partial charge in [0.1, 0.15) is 0 Å². The largest absolute Gasteiger partial charge is 0.419 e. The van der Waals surface area contributed by atoms with Gasteiger partial charge in [-0.3, -0.25) is 4.57 Å². The zero-order valence-electron chi connectivity index (χ0n) is 13.7. The fourth-order valence-electron chi connectivity index (χ4n) is 1.90. The van der Waals surface area contributed by atoms with E-state index in [9.17, 15) is 9.59 Å². The van der Waals surface area contributed by atoms with E-state index >= 15 is 0 Å². The lowest BCUT2D eigenvalue weighted by Gasteiger charge is -2.29. The van der Waals surface area contributed by atoms with Crippen molar-refractivity contribution in [1.82, 2.24) is 9.88 Å². The van der Waals surface area contributed by atoms with Gasteiger partial charge in [-0.2, -0.15) is 0 Å². The minimum atomic E-state index is -0.421. The number of oxazole rings is 1. The number of rotatable bonds is 4. The normalized spacial score (nSPS) is 11.9. The van der Waals surface area contributed by atoms with Crippen molar-refractivity contribution < 1.29 is 9.21 Å². The van der Waals surface area contributed by atoms with Crippen molar-refractivity contribution in [3.63, 3.8) is 0 Å². The van der Waals surface area contributed by atoms with Crippen LogP contribution in [-0.4, -0.2) is 17.1 Å². The third kappa shape index (κ3) is 3.32. The first-order valence-electron chi connectivity index (χ1n) is 7.35. The van der Waals surface area contributed by atoms with Crippen LogP contribution in [0.25, 0.3) is 11.1 Å². The number of aryl methyl sites for hydroxylation is 1. The molecule has 0 spiro atoms. The molecule has 2 amide bonds. The highest BCUT2D eigenvalue weighted by molar-refractivity contribution is 5.91. The van der Waals surface area contributed by atoms with E-state index in [1.54, 1.807) is 25.2 Å². The van der Waals surface area contributed by atoms with Crippen LogP contribution in [0.15, 0.2) is 27.4 Å². The summed E-state index contributed by atoms with van der Waals surface area (Å²) in [4.78, 5) is 23.4. The van der Waals surface area contributed by atoms with Gasteiger partial charge in [0, 0.05) is 25.3 Å². The predicted octanol–water partition coefficient (Wildman–Crippen LogP) is 2.94. The Balaban J connectivity index is 2.04. The number of aromatic nitrogens is 1. The zero-order chi connectivity index (χ0) is 16.5. The van der Waals surface area contributed by atoms with Crippen LogP contribution >= 0.6 is 0 Å². The number of anilines is 1. The van der Waals surface area contributed by atoms with Crippen molar-refractivity contribution in [3.8, 4) is 0 Å². The van der Waals surface area contributed by atoms with E-state index in [-0.39, 0.29) is 11.4 Å². The first-order chi connectivity index (χ1) is 10.2. The highest BCUT2D eigenvalue weighted by atomic mass is 16.4. The second-order valence-corrected chi connectivity index (χ2v) is 6.56. The minimum absolute atomic E-state index is 0.0213. The van der Waals surface area contributed by atoms with E-state index in [0.717, 1.165) is 0 Å². The van der Waals surface area contributed by atoms with Gasteiger partial charge in [-0.05, 0) is 23.5 Å². The van der Waals surface area contributed by atoms with E-state index in [2.05, 4.69) is 38.3 Å². The minimum Gasteiger partial charge on any atom is -0.408 e. The SMILES string of the molecule is CC(C)C(C)(C)CNC(=O)Nc1ccc2c(c1)oc(=O)n2C. The standard InChI is InChI=1S/C16H23N3O3/c1-10(2)16(3,4)9-17-14(20)18-11-6-7-12-13(8-11)22-15(21)19(12)5/h6-8,10H,9H2,1-5H3,(H2,17,18,20). The first kappa shape index (κ1) is 16.1. The number of fused-ring (bicyclic) bond motifs is 1. The summed E-state index contributed by atoms with van der Waals surface area (Å²) in [5.41, 5.74) is 1.75. The molecule has 1 aromatic carbocycles. The number of hydrogen-bond acceptors (Lipinski definition) is 3. The molecule has 0 fully saturated rings. The summed E-state index contributed by atoms with van der Waals surface area (Å²) in [5, 5.41) is 5.62. The summed E-state index contributed by atoms with van der Waals surface area (Å²) in [7, 11) is 1.64. The molecular formula is C16H23N3O3. The molecule has 0 unspecified atom stereocenters. The van der Waals surface area contributed by atoms with Gasteiger partial charge in [0.05, 0.1) is 5.52 Å². The van der Waals surface area contributed by atoms with Crippen LogP contribution < -0.4 is 16.4 Å². The monoisotopic (exact) mass is 305 g/mol. The molecule has 22 heavy (non-hydrogen) atoms. The Bertz CT molecular complexity index is 741. The Hall–Kier alpha value is -2.24. The van der Waals surface area contributed by atoms with Gasteiger partial charge in [0.2, 0.25) is 0 Å². The molecule has 0 aliphatic rings. The molecule has 120 valence electrons. The lowest BCUT2D eigenvalue weighted by Crippen LogP contribution is -2.39. The second kappa shape index (κ2) is 5.87. The van der Waals surface area contributed by atoms with E-state index in [4.69, 9.17) is 4.42 Å². The van der Waals surface area contributed by atoms with Crippen LogP contribution in [0, 0.1) is 11.3 Å². The zero-order valence-corrected chi connectivity index (χ0v) is 13.7. The van der Waals surface area contributed by atoms with E-state index in [0.29, 0.717) is 29.2 Å². The van der Waals surface area contributed by atoms with Crippen molar-refractivity contribution >= 4 is 22.8 Å². The summed E-state index contributed by atoms with van der Waals surface area (Å²) in [6.07, 6.45) is 0. The number of amides is 2. The van der Waals surface area contributed by atoms with Crippen LogP contribution in [-0.2, 0) is 7.05 Å². The van der Waals surface area contributed by atoms with Crippen LogP contribution in [0.4, 0.5) is 10.5 Å². The van der Waals surface area contributed by atoms with E-state index in [1.165, 1.54) is 4.57 Å². The molecule has 0 saturated heterocycles. The number of hydrogen-bond donors (Lipinski definition) is 2. The van der Waals surface area contributed by atoms with Crippen LogP contribution in [0.5, 0.6) is 0 Å².